The van der Waals surface area contributed by atoms with E-state index in [1.165, 1.54) is 12.8 Å². The number of nitrogens with one attached hydrogen (secondary N) is 1. The molecule has 3 nitrogen and oxygen atoms in total. The van der Waals surface area contributed by atoms with Gasteiger partial charge in [-0.05, 0) is 46.1 Å². The van der Waals surface area contributed by atoms with Gasteiger partial charge in [0.05, 0.1) is 6.61 Å². The molecule has 0 saturated carbocycles. The fraction of sp³-hybridized carbons (Fsp3) is 1.00. The zero-order valence-corrected chi connectivity index (χ0v) is 13.0. The van der Waals surface area contributed by atoms with Crippen LogP contribution < -0.4 is 5.32 Å². The molecule has 0 aromatic heterocycles. The van der Waals surface area contributed by atoms with E-state index in [0.717, 1.165) is 38.8 Å². The lowest BCUT2D eigenvalue weighted by atomic mass is 10.1. The molecule has 1 N–H and O–H groups in total. The number of hydrogen-bond acceptors (Lipinski definition) is 3. The van der Waals surface area contributed by atoms with Crippen LogP contribution in [0, 0.1) is 5.92 Å². The van der Waals surface area contributed by atoms with Crippen molar-refractivity contribution < 1.29 is 4.74 Å². The SMILES string of the molecule is CC(C)CCOCCN1CC(C)(C)NCCC1C. The molecule has 0 amide bonds. The Hall–Kier alpha value is -0.120. The summed E-state index contributed by atoms with van der Waals surface area (Å²) in [5.41, 5.74) is 0.225. The number of rotatable bonds is 6. The van der Waals surface area contributed by atoms with Gasteiger partial charge in [0.15, 0.2) is 0 Å². The highest BCUT2D eigenvalue weighted by Crippen LogP contribution is 2.15. The summed E-state index contributed by atoms with van der Waals surface area (Å²) in [4.78, 5) is 2.56. The maximum absolute atomic E-state index is 5.74. The van der Waals surface area contributed by atoms with Crippen molar-refractivity contribution in [2.75, 3.05) is 32.8 Å². The number of hydrogen-bond donors (Lipinski definition) is 1. The molecule has 1 fully saturated rings. The van der Waals surface area contributed by atoms with Crippen LogP contribution in [0.15, 0.2) is 0 Å². The van der Waals surface area contributed by atoms with Gasteiger partial charge in [0, 0.05) is 31.3 Å². The minimum absolute atomic E-state index is 0.225. The van der Waals surface area contributed by atoms with Crippen molar-refractivity contribution in [3.63, 3.8) is 0 Å². The van der Waals surface area contributed by atoms with Crippen molar-refractivity contribution in [2.24, 2.45) is 5.92 Å². The Morgan fingerprint density at radius 3 is 2.72 bits per heavy atom. The Kier molecular flexibility index (Phi) is 6.61. The normalized spacial score (nSPS) is 25.3. The van der Waals surface area contributed by atoms with E-state index >= 15 is 0 Å². The van der Waals surface area contributed by atoms with Gasteiger partial charge in [0.1, 0.15) is 0 Å². The predicted octanol–water partition coefficient (Wildman–Crippen LogP) is 2.51. The fourth-order valence-electron chi connectivity index (χ4n) is 2.42. The molecule has 1 aliphatic rings. The first-order chi connectivity index (χ1) is 8.41. The lowest BCUT2D eigenvalue weighted by Crippen LogP contribution is -2.48. The molecule has 0 bridgehead atoms. The van der Waals surface area contributed by atoms with E-state index in [-0.39, 0.29) is 5.54 Å². The lowest BCUT2D eigenvalue weighted by molar-refractivity contribution is 0.0780. The van der Waals surface area contributed by atoms with Gasteiger partial charge in [0.25, 0.3) is 0 Å². The molecule has 1 saturated heterocycles. The summed E-state index contributed by atoms with van der Waals surface area (Å²) < 4.78 is 5.74. The first kappa shape index (κ1) is 15.9. The molecule has 0 aliphatic carbocycles. The largest absolute Gasteiger partial charge is 0.380 e. The lowest BCUT2D eigenvalue weighted by Gasteiger charge is -2.32. The average Bonchev–Trinajstić information content (AvgIpc) is 2.37. The van der Waals surface area contributed by atoms with Crippen molar-refractivity contribution in [1.29, 1.82) is 0 Å². The van der Waals surface area contributed by atoms with Crippen LogP contribution in [0.2, 0.25) is 0 Å². The standard InChI is InChI=1S/C15H32N2O/c1-13(2)7-10-18-11-9-17-12-15(4,5)16-8-6-14(17)3/h13-14,16H,6-12H2,1-5H3. The van der Waals surface area contributed by atoms with Gasteiger partial charge in [-0.15, -0.1) is 0 Å². The first-order valence-electron chi connectivity index (χ1n) is 7.47. The van der Waals surface area contributed by atoms with E-state index < -0.39 is 0 Å². The van der Waals surface area contributed by atoms with E-state index in [0.29, 0.717) is 6.04 Å². The van der Waals surface area contributed by atoms with Gasteiger partial charge in [-0.1, -0.05) is 13.8 Å². The summed E-state index contributed by atoms with van der Waals surface area (Å²) in [6.45, 7) is 16.5. The summed E-state index contributed by atoms with van der Waals surface area (Å²) >= 11 is 0. The molecule has 18 heavy (non-hydrogen) atoms. The van der Waals surface area contributed by atoms with Gasteiger partial charge in [-0.3, -0.25) is 4.90 Å². The molecular formula is C15H32N2O. The van der Waals surface area contributed by atoms with Crippen LogP contribution in [-0.4, -0.2) is 49.3 Å². The van der Waals surface area contributed by atoms with Crippen LogP contribution in [0.25, 0.3) is 0 Å². The van der Waals surface area contributed by atoms with Crippen molar-refractivity contribution in [2.45, 2.75) is 59.0 Å². The fourth-order valence-corrected chi connectivity index (χ4v) is 2.42. The molecule has 0 aromatic rings. The predicted molar refractivity (Wildman–Crippen MR) is 78.0 cm³/mol. The molecule has 1 atom stereocenters. The molecule has 108 valence electrons. The molecule has 0 spiro atoms. The Balaban J connectivity index is 2.25. The third-order valence-corrected chi connectivity index (χ3v) is 3.75. The van der Waals surface area contributed by atoms with Crippen LogP contribution in [-0.2, 0) is 4.74 Å². The molecular weight excluding hydrogens is 224 g/mol. The molecule has 3 heteroatoms. The minimum Gasteiger partial charge on any atom is -0.380 e. The second-order valence-electron chi connectivity index (χ2n) is 6.71. The van der Waals surface area contributed by atoms with Crippen LogP contribution in [0.1, 0.15) is 47.5 Å². The van der Waals surface area contributed by atoms with E-state index in [4.69, 9.17) is 4.74 Å². The van der Waals surface area contributed by atoms with E-state index in [2.05, 4.69) is 44.8 Å². The van der Waals surface area contributed by atoms with Gasteiger partial charge in [-0.2, -0.15) is 0 Å². The van der Waals surface area contributed by atoms with Gasteiger partial charge < -0.3 is 10.1 Å². The summed E-state index contributed by atoms with van der Waals surface area (Å²) in [6, 6.07) is 0.660. The van der Waals surface area contributed by atoms with E-state index in [9.17, 15) is 0 Å². The van der Waals surface area contributed by atoms with E-state index in [1.807, 2.05) is 0 Å². The second kappa shape index (κ2) is 7.46. The summed E-state index contributed by atoms with van der Waals surface area (Å²) in [6.07, 6.45) is 2.40. The Morgan fingerprint density at radius 2 is 2.06 bits per heavy atom. The van der Waals surface area contributed by atoms with E-state index in [1.54, 1.807) is 0 Å². The van der Waals surface area contributed by atoms with Crippen LogP contribution in [0.5, 0.6) is 0 Å². The van der Waals surface area contributed by atoms with Gasteiger partial charge in [-0.25, -0.2) is 0 Å². The second-order valence-corrected chi connectivity index (χ2v) is 6.71. The van der Waals surface area contributed by atoms with Crippen molar-refractivity contribution in [3.8, 4) is 0 Å². The summed E-state index contributed by atoms with van der Waals surface area (Å²) in [7, 11) is 0. The summed E-state index contributed by atoms with van der Waals surface area (Å²) in [5.74, 6) is 0.741. The molecule has 0 aromatic carbocycles. The molecule has 1 aliphatic heterocycles. The molecule has 1 heterocycles. The summed E-state index contributed by atoms with van der Waals surface area (Å²) in [5, 5.41) is 3.62. The van der Waals surface area contributed by atoms with Crippen molar-refractivity contribution in [3.05, 3.63) is 0 Å². The van der Waals surface area contributed by atoms with Crippen LogP contribution in [0.3, 0.4) is 0 Å². The smallest absolute Gasteiger partial charge is 0.0593 e. The average molecular weight is 256 g/mol. The number of nitrogens with zero attached hydrogens (tertiary/aromatic N) is 1. The highest BCUT2D eigenvalue weighted by Gasteiger charge is 2.27. The zero-order valence-electron chi connectivity index (χ0n) is 13.0. The number of ether oxygens (including phenoxy) is 1. The maximum atomic E-state index is 5.74. The van der Waals surface area contributed by atoms with Crippen molar-refractivity contribution >= 4 is 0 Å². The highest BCUT2D eigenvalue weighted by atomic mass is 16.5. The topological polar surface area (TPSA) is 24.5 Å². The van der Waals surface area contributed by atoms with Crippen molar-refractivity contribution in [1.82, 2.24) is 10.2 Å². The third-order valence-electron chi connectivity index (χ3n) is 3.75. The Labute approximate surface area is 113 Å². The minimum atomic E-state index is 0.225. The quantitative estimate of drug-likeness (QED) is 0.739. The van der Waals surface area contributed by atoms with Gasteiger partial charge in [0.2, 0.25) is 0 Å². The van der Waals surface area contributed by atoms with Gasteiger partial charge >= 0.3 is 0 Å². The molecule has 0 radical (unpaired) electrons. The third kappa shape index (κ3) is 6.17. The van der Waals surface area contributed by atoms with Crippen LogP contribution in [0.4, 0.5) is 0 Å². The first-order valence-corrected chi connectivity index (χ1v) is 7.47. The molecule has 1 unspecified atom stereocenters. The Morgan fingerprint density at radius 1 is 1.33 bits per heavy atom. The Bertz CT molecular complexity index is 229. The molecule has 1 rings (SSSR count). The van der Waals surface area contributed by atoms with Crippen LogP contribution >= 0.6 is 0 Å². The monoisotopic (exact) mass is 256 g/mol. The zero-order chi connectivity index (χ0) is 13.6. The highest BCUT2D eigenvalue weighted by molar-refractivity contribution is 4.87. The maximum Gasteiger partial charge on any atom is 0.0593 e.